The molecule has 19 heteroatoms. The number of phosphoric acid groups is 2. The molecule has 96 heavy (non-hydrogen) atoms. The molecule has 0 aliphatic heterocycles. The third-order valence-corrected chi connectivity index (χ3v) is 20.1. The summed E-state index contributed by atoms with van der Waals surface area (Å²) in [6.45, 7) is 14.2. The van der Waals surface area contributed by atoms with E-state index >= 15 is 0 Å². The molecule has 0 aromatic carbocycles. The van der Waals surface area contributed by atoms with Crippen molar-refractivity contribution in [3.05, 3.63) is 0 Å². The van der Waals surface area contributed by atoms with Crippen molar-refractivity contribution in [2.75, 3.05) is 39.6 Å². The molecule has 0 aromatic rings. The number of phosphoric ester groups is 2. The predicted octanol–water partition coefficient (Wildman–Crippen LogP) is 22.4. The molecule has 0 radical (unpaired) electrons. The molecule has 0 bridgehead atoms. The lowest BCUT2D eigenvalue weighted by atomic mass is 9.99. The van der Waals surface area contributed by atoms with Crippen LogP contribution < -0.4 is 0 Å². The van der Waals surface area contributed by atoms with Gasteiger partial charge in [0.2, 0.25) is 0 Å². The van der Waals surface area contributed by atoms with Crippen molar-refractivity contribution in [3.63, 3.8) is 0 Å². The Balaban J connectivity index is 5.26. The summed E-state index contributed by atoms with van der Waals surface area (Å²) in [5.74, 6) is 0.977. The molecule has 0 rings (SSSR count). The number of rotatable bonds is 74. The first-order valence-electron chi connectivity index (χ1n) is 39.7. The number of unbranched alkanes of at least 4 members (excludes halogenated alkanes) is 39. The summed E-state index contributed by atoms with van der Waals surface area (Å²) in [6, 6.07) is 0. The number of esters is 4. The second-order valence-electron chi connectivity index (χ2n) is 29.4. The lowest BCUT2D eigenvalue weighted by Gasteiger charge is -2.21. The van der Waals surface area contributed by atoms with Crippen molar-refractivity contribution in [2.45, 2.75) is 408 Å². The van der Waals surface area contributed by atoms with E-state index in [4.69, 9.17) is 37.0 Å². The fourth-order valence-corrected chi connectivity index (χ4v) is 13.3. The van der Waals surface area contributed by atoms with Crippen molar-refractivity contribution >= 4 is 39.5 Å². The van der Waals surface area contributed by atoms with Gasteiger partial charge in [0.15, 0.2) is 12.2 Å². The summed E-state index contributed by atoms with van der Waals surface area (Å²) in [5.41, 5.74) is 0. The molecule has 6 atom stereocenters. The lowest BCUT2D eigenvalue weighted by molar-refractivity contribution is -0.161. The zero-order valence-corrected chi connectivity index (χ0v) is 64.8. The van der Waals surface area contributed by atoms with Gasteiger partial charge in [0.05, 0.1) is 26.4 Å². The van der Waals surface area contributed by atoms with Crippen molar-refractivity contribution in [2.24, 2.45) is 23.7 Å². The molecule has 0 fully saturated rings. The first-order valence-corrected chi connectivity index (χ1v) is 42.7. The van der Waals surface area contributed by atoms with Crippen LogP contribution in [0.2, 0.25) is 0 Å². The molecule has 3 N–H and O–H groups in total. The first-order chi connectivity index (χ1) is 46.1. The second kappa shape index (κ2) is 66.3. The fraction of sp³-hybridized carbons (Fsp3) is 0.948. The Morgan fingerprint density at radius 3 is 0.740 bits per heavy atom. The number of hydrogen-bond donors (Lipinski definition) is 3. The molecule has 0 saturated heterocycles. The lowest BCUT2D eigenvalue weighted by Crippen LogP contribution is -2.30. The van der Waals surface area contributed by atoms with Gasteiger partial charge in [-0.25, -0.2) is 9.13 Å². The summed E-state index contributed by atoms with van der Waals surface area (Å²) in [7, 11) is -9.92. The van der Waals surface area contributed by atoms with Crippen LogP contribution >= 0.6 is 15.6 Å². The molecular weight excluding hydrogens is 1260 g/mol. The summed E-state index contributed by atoms with van der Waals surface area (Å²) in [4.78, 5) is 72.9. The van der Waals surface area contributed by atoms with Crippen molar-refractivity contribution < 1.29 is 80.2 Å². The molecule has 570 valence electrons. The molecule has 0 amide bonds. The van der Waals surface area contributed by atoms with Crippen LogP contribution in [0.15, 0.2) is 0 Å². The maximum Gasteiger partial charge on any atom is 0.472 e. The van der Waals surface area contributed by atoms with Gasteiger partial charge in [0.25, 0.3) is 0 Å². The molecule has 0 spiro atoms. The zero-order valence-electron chi connectivity index (χ0n) is 63.0. The number of carbonyl (C=O) groups is 4. The SMILES string of the molecule is CCC(C)CCCCCCCCCCCCCCCCC(=O)O[C@H](COC(=O)CCCCCCCCCCCCC(C)C)COP(=O)(O)OCC(O)COP(=O)(O)OC[C@@H](COC(=O)CCCCCCCCCCC(C)C)OC(=O)CCCCCCCCCCCCCC(C)C. The summed E-state index contributed by atoms with van der Waals surface area (Å²) in [5, 5.41) is 10.6. The smallest absolute Gasteiger partial charge is 0.462 e. The van der Waals surface area contributed by atoms with Gasteiger partial charge in [-0.15, -0.1) is 0 Å². The molecule has 0 aliphatic carbocycles. The van der Waals surface area contributed by atoms with Crippen LogP contribution in [0, 0.1) is 23.7 Å². The van der Waals surface area contributed by atoms with Gasteiger partial charge in [-0.05, 0) is 49.4 Å². The van der Waals surface area contributed by atoms with E-state index in [1.54, 1.807) is 0 Å². The minimum Gasteiger partial charge on any atom is -0.462 e. The van der Waals surface area contributed by atoms with Gasteiger partial charge in [-0.3, -0.25) is 37.3 Å². The molecule has 0 heterocycles. The van der Waals surface area contributed by atoms with E-state index in [0.717, 1.165) is 114 Å². The van der Waals surface area contributed by atoms with Crippen molar-refractivity contribution in [1.82, 2.24) is 0 Å². The Morgan fingerprint density at radius 1 is 0.292 bits per heavy atom. The highest BCUT2D eigenvalue weighted by atomic mass is 31.2. The summed E-state index contributed by atoms with van der Waals surface area (Å²) in [6.07, 6.45) is 51.2. The third-order valence-electron chi connectivity index (χ3n) is 18.2. The van der Waals surface area contributed by atoms with E-state index in [1.807, 2.05) is 0 Å². The highest BCUT2D eigenvalue weighted by Gasteiger charge is 2.30. The predicted molar refractivity (Wildman–Crippen MR) is 391 cm³/mol. The van der Waals surface area contributed by atoms with Gasteiger partial charge >= 0.3 is 39.5 Å². The van der Waals surface area contributed by atoms with Gasteiger partial charge < -0.3 is 33.8 Å². The van der Waals surface area contributed by atoms with Crippen LogP contribution in [0.5, 0.6) is 0 Å². The molecular formula is C77H150O17P2. The number of carbonyl (C=O) groups excluding carboxylic acids is 4. The van der Waals surface area contributed by atoms with Crippen molar-refractivity contribution in [3.8, 4) is 0 Å². The highest BCUT2D eigenvalue weighted by Crippen LogP contribution is 2.45. The van der Waals surface area contributed by atoms with Crippen LogP contribution in [-0.2, 0) is 65.4 Å². The molecule has 4 unspecified atom stereocenters. The molecule has 0 saturated carbocycles. The van der Waals surface area contributed by atoms with Gasteiger partial charge in [0.1, 0.15) is 19.3 Å². The zero-order chi connectivity index (χ0) is 71.0. The monoisotopic (exact) mass is 1410 g/mol. The maximum atomic E-state index is 13.1. The van der Waals surface area contributed by atoms with Crippen LogP contribution in [0.1, 0.15) is 389 Å². The molecule has 17 nitrogen and oxygen atoms in total. The van der Waals surface area contributed by atoms with E-state index < -0.39 is 97.5 Å². The summed E-state index contributed by atoms with van der Waals surface area (Å²) < 4.78 is 68.6. The Kier molecular flexibility index (Phi) is 65.0. The average molecular weight is 1410 g/mol. The van der Waals surface area contributed by atoms with E-state index in [0.29, 0.717) is 25.7 Å². The second-order valence-corrected chi connectivity index (χ2v) is 32.3. The van der Waals surface area contributed by atoms with Gasteiger partial charge in [-0.1, -0.05) is 338 Å². The Hall–Kier alpha value is -1.94. The standard InChI is InChI=1S/C77H150O17P2/c1-9-70(8)56-48-40-32-23-16-12-10-11-13-17-25-35-43-51-59-76(81)93-72(63-87-74(79)57-49-41-33-24-20-19-22-30-38-46-54-68(4)5)65-91-95(83,84)89-61-71(78)62-90-96(85,86)92-66-73(64-88-75(80)58-50-42-34-28-27-31-39-47-55-69(6)7)94-77(82)60-52-44-36-26-18-14-15-21-29-37-45-53-67(2)3/h67-73,78H,9-66H2,1-8H3,(H,83,84)(H,85,86)/t70?,71?,72-,73-/m1/s1. The topological polar surface area (TPSA) is 237 Å². The average Bonchev–Trinajstić information content (AvgIpc) is 2.00. The van der Waals surface area contributed by atoms with Gasteiger partial charge in [-0.2, -0.15) is 0 Å². The minimum atomic E-state index is -4.96. The van der Waals surface area contributed by atoms with Crippen LogP contribution in [0.3, 0.4) is 0 Å². The largest absolute Gasteiger partial charge is 0.472 e. The normalized spacial score (nSPS) is 14.4. The maximum absolute atomic E-state index is 13.1. The quantitative estimate of drug-likeness (QED) is 0.0222. The molecule has 0 aromatic heterocycles. The Morgan fingerprint density at radius 2 is 0.500 bits per heavy atom. The van der Waals surface area contributed by atoms with Crippen LogP contribution in [-0.4, -0.2) is 96.7 Å². The number of aliphatic hydroxyl groups excluding tert-OH is 1. The van der Waals surface area contributed by atoms with E-state index in [2.05, 4.69) is 55.4 Å². The molecule has 0 aliphatic rings. The third kappa shape index (κ3) is 69.2. The first kappa shape index (κ1) is 94.1. The van der Waals surface area contributed by atoms with E-state index in [-0.39, 0.29) is 25.7 Å². The van der Waals surface area contributed by atoms with Gasteiger partial charge in [0, 0.05) is 25.7 Å². The van der Waals surface area contributed by atoms with Crippen molar-refractivity contribution in [1.29, 1.82) is 0 Å². The fourth-order valence-electron chi connectivity index (χ4n) is 11.7. The minimum absolute atomic E-state index is 0.105. The summed E-state index contributed by atoms with van der Waals surface area (Å²) >= 11 is 0. The number of hydrogen-bond acceptors (Lipinski definition) is 15. The van der Waals surface area contributed by atoms with E-state index in [1.165, 1.54) is 193 Å². The Labute approximate surface area is 588 Å². The van der Waals surface area contributed by atoms with E-state index in [9.17, 15) is 43.2 Å². The highest BCUT2D eigenvalue weighted by molar-refractivity contribution is 7.47. The number of ether oxygens (including phenoxy) is 4. The van der Waals surface area contributed by atoms with Crippen LogP contribution in [0.4, 0.5) is 0 Å². The number of aliphatic hydroxyl groups is 1. The Bertz CT molecular complexity index is 1890. The van der Waals surface area contributed by atoms with Crippen LogP contribution in [0.25, 0.3) is 0 Å².